The molecule has 3 N–H and O–H groups in total. The summed E-state index contributed by atoms with van der Waals surface area (Å²) in [5.74, 6) is -0.894. The summed E-state index contributed by atoms with van der Waals surface area (Å²) in [7, 11) is 0. The van der Waals surface area contributed by atoms with Gasteiger partial charge in [-0.15, -0.1) is 0 Å². The lowest BCUT2D eigenvalue weighted by Crippen LogP contribution is -2.12. The van der Waals surface area contributed by atoms with E-state index in [2.05, 4.69) is 5.32 Å². The summed E-state index contributed by atoms with van der Waals surface area (Å²) in [6.07, 6.45) is 0. The Kier molecular flexibility index (Phi) is 3.71. The number of carbonyl (C=O) groups excluding carboxylic acids is 1. The van der Waals surface area contributed by atoms with Crippen molar-refractivity contribution >= 4 is 28.9 Å². The Morgan fingerprint density at radius 2 is 2.00 bits per heavy atom. The predicted molar refractivity (Wildman–Crippen MR) is 75.0 cm³/mol. The second kappa shape index (κ2) is 5.28. The van der Waals surface area contributed by atoms with Gasteiger partial charge in [0, 0.05) is 16.3 Å². The molecule has 0 heterocycles. The normalized spacial score (nSPS) is 10.3. The minimum Gasteiger partial charge on any atom is -0.396 e. The van der Waals surface area contributed by atoms with Crippen LogP contribution in [0.5, 0.6) is 0 Å². The van der Waals surface area contributed by atoms with E-state index in [0.29, 0.717) is 16.3 Å². The third-order valence-electron chi connectivity index (χ3n) is 2.68. The van der Waals surface area contributed by atoms with Gasteiger partial charge < -0.3 is 11.1 Å². The van der Waals surface area contributed by atoms with E-state index in [4.69, 9.17) is 17.3 Å². The molecule has 2 aromatic carbocycles. The number of carbonyl (C=O) groups is 1. The summed E-state index contributed by atoms with van der Waals surface area (Å²) in [5.41, 5.74) is 7.02. The van der Waals surface area contributed by atoms with E-state index >= 15 is 0 Å². The SMILES string of the molecule is Cc1cc(C(=O)Nc2ccc(N)c(F)c2)ccc1Cl. The van der Waals surface area contributed by atoms with Gasteiger partial charge in [0.05, 0.1) is 5.69 Å². The van der Waals surface area contributed by atoms with Crippen LogP contribution in [-0.4, -0.2) is 5.91 Å². The Hall–Kier alpha value is -2.07. The minimum atomic E-state index is -0.565. The van der Waals surface area contributed by atoms with E-state index in [0.717, 1.165) is 5.56 Å². The maximum atomic E-state index is 13.3. The maximum absolute atomic E-state index is 13.3. The summed E-state index contributed by atoms with van der Waals surface area (Å²) >= 11 is 5.89. The van der Waals surface area contributed by atoms with Crippen LogP contribution in [0, 0.1) is 12.7 Å². The molecule has 0 aliphatic carbocycles. The van der Waals surface area contributed by atoms with Crippen LogP contribution in [-0.2, 0) is 0 Å². The van der Waals surface area contributed by atoms with Gasteiger partial charge in [0.15, 0.2) is 0 Å². The second-order valence-corrected chi connectivity index (χ2v) is 4.56. The number of anilines is 2. The molecular formula is C14H12ClFN2O. The standard InChI is InChI=1S/C14H12ClFN2O/c1-8-6-9(2-4-11(8)15)14(19)18-10-3-5-13(17)12(16)7-10/h2-7H,17H2,1H3,(H,18,19). The van der Waals surface area contributed by atoms with Gasteiger partial charge in [0.25, 0.3) is 5.91 Å². The molecular weight excluding hydrogens is 267 g/mol. The van der Waals surface area contributed by atoms with Crippen LogP contribution in [0.2, 0.25) is 5.02 Å². The van der Waals surface area contributed by atoms with Gasteiger partial charge in [-0.3, -0.25) is 4.79 Å². The molecule has 0 unspecified atom stereocenters. The molecule has 0 atom stereocenters. The highest BCUT2D eigenvalue weighted by Crippen LogP contribution is 2.19. The first-order chi connectivity index (χ1) is 8.97. The highest BCUT2D eigenvalue weighted by atomic mass is 35.5. The molecule has 3 nitrogen and oxygen atoms in total. The minimum absolute atomic E-state index is 0.0420. The van der Waals surface area contributed by atoms with Crippen LogP contribution in [0.3, 0.4) is 0 Å². The van der Waals surface area contributed by atoms with E-state index in [1.165, 1.54) is 12.1 Å². The van der Waals surface area contributed by atoms with Crippen molar-refractivity contribution in [2.75, 3.05) is 11.1 Å². The fourth-order valence-electron chi connectivity index (χ4n) is 1.59. The van der Waals surface area contributed by atoms with Gasteiger partial charge >= 0.3 is 0 Å². The summed E-state index contributed by atoms with van der Waals surface area (Å²) in [6, 6.07) is 9.05. The van der Waals surface area contributed by atoms with Crippen LogP contribution in [0.1, 0.15) is 15.9 Å². The summed E-state index contributed by atoms with van der Waals surface area (Å²) in [4.78, 5) is 12.0. The lowest BCUT2D eigenvalue weighted by molar-refractivity contribution is 0.102. The van der Waals surface area contributed by atoms with Crippen LogP contribution in [0.4, 0.5) is 15.8 Å². The number of nitrogen functional groups attached to an aromatic ring is 1. The van der Waals surface area contributed by atoms with Crippen molar-refractivity contribution in [1.29, 1.82) is 0 Å². The Bertz CT molecular complexity index is 643. The first-order valence-corrected chi connectivity index (χ1v) is 5.97. The van der Waals surface area contributed by atoms with Crippen LogP contribution >= 0.6 is 11.6 Å². The van der Waals surface area contributed by atoms with E-state index in [9.17, 15) is 9.18 Å². The molecule has 19 heavy (non-hydrogen) atoms. The van der Waals surface area contributed by atoms with Crippen molar-refractivity contribution in [3.63, 3.8) is 0 Å². The molecule has 0 radical (unpaired) electrons. The number of aryl methyl sites for hydroxylation is 1. The largest absolute Gasteiger partial charge is 0.396 e. The van der Waals surface area contributed by atoms with E-state index < -0.39 is 5.82 Å². The van der Waals surface area contributed by atoms with Crippen LogP contribution in [0.15, 0.2) is 36.4 Å². The zero-order valence-electron chi connectivity index (χ0n) is 10.2. The molecule has 0 aliphatic heterocycles. The third-order valence-corrected chi connectivity index (χ3v) is 3.10. The second-order valence-electron chi connectivity index (χ2n) is 4.15. The zero-order valence-corrected chi connectivity index (χ0v) is 11.0. The Labute approximate surface area is 115 Å². The molecule has 2 aromatic rings. The average Bonchev–Trinajstić information content (AvgIpc) is 2.37. The maximum Gasteiger partial charge on any atom is 0.255 e. The van der Waals surface area contributed by atoms with Gasteiger partial charge in [0.1, 0.15) is 5.82 Å². The zero-order chi connectivity index (χ0) is 14.0. The number of benzene rings is 2. The fourth-order valence-corrected chi connectivity index (χ4v) is 1.71. The summed E-state index contributed by atoms with van der Waals surface area (Å²) in [5, 5.41) is 3.19. The summed E-state index contributed by atoms with van der Waals surface area (Å²) < 4.78 is 13.3. The average molecular weight is 279 g/mol. The summed E-state index contributed by atoms with van der Waals surface area (Å²) in [6.45, 7) is 1.81. The van der Waals surface area contributed by atoms with Gasteiger partial charge in [-0.05, 0) is 48.9 Å². The van der Waals surface area contributed by atoms with Crippen LogP contribution < -0.4 is 11.1 Å². The lowest BCUT2D eigenvalue weighted by atomic mass is 10.1. The number of nitrogens with two attached hydrogens (primary N) is 1. The van der Waals surface area contributed by atoms with Crippen LogP contribution in [0.25, 0.3) is 0 Å². The van der Waals surface area contributed by atoms with Gasteiger partial charge in [-0.25, -0.2) is 4.39 Å². The lowest BCUT2D eigenvalue weighted by Gasteiger charge is -2.07. The van der Waals surface area contributed by atoms with E-state index in [1.54, 1.807) is 24.3 Å². The smallest absolute Gasteiger partial charge is 0.255 e. The Morgan fingerprint density at radius 1 is 1.26 bits per heavy atom. The Morgan fingerprint density at radius 3 is 2.63 bits per heavy atom. The van der Waals surface area contributed by atoms with Gasteiger partial charge in [0.2, 0.25) is 0 Å². The highest BCUT2D eigenvalue weighted by Gasteiger charge is 2.08. The fraction of sp³-hybridized carbons (Fsp3) is 0.0714. The first-order valence-electron chi connectivity index (χ1n) is 5.60. The molecule has 0 saturated carbocycles. The monoisotopic (exact) mass is 278 g/mol. The predicted octanol–water partition coefficient (Wildman–Crippen LogP) is 3.62. The molecule has 0 fully saturated rings. The molecule has 2 rings (SSSR count). The Balaban J connectivity index is 2.20. The van der Waals surface area contributed by atoms with E-state index in [-0.39, 0.29) is 11.6 Å². The van der Waals surface area contributed by atoms with Crippen molar-refractivity contribution in [3.8, 4) is 0 Å². The van der Waals surface area contributed by atoms with Gasteiger partial charge in [-0.1, -0.05) is 11.6 Å². The molecule has 1 amide bonds. The quantitative estimate of drug-likeness (QED) is 0.824. The number of halogens is 2. The molecule has 98 valence electrons. The van der Waals surface area contributed by atoms with Crippen molar-refractivity contribution in [2.45, 2.75) is 6.92 Å². The molecule has 0 aromatic heterocycles. The number of amides is 1. The molecule has 5 heteroatoms. The number of nitrogens with one attached hydrogen (secondary N) is 1. The molecule has 0 spiro atoms. The highest BCUT2D eigenvalue weighted by molar-refractivity contribution is 6.31. The van der Waals surface area contributed by atoms with Crippen molar-refractivity contribution in [3.05, 3.63) is 58.4 Å². The molecule has 0 aliphatic rings. The van der Waals surface area contributed by atoms with Crippen molar-refractivity contribution in [2.24, 2.45) is 0 Å². The molecule has 0 saturated heterocycles. The van der Waals surface area contributed by atoms with Gasteiger partial charge in [-0.2, -0.15) is 0 Å². The van der Waals surface area contributed by atoms with E-state index in [1.807, 2.05) is 6.92 Å². The number of hydrogen-bond donors (Lipinski definition) is 2. The third kappa shape index (κ3) is 3.03. The molecule has 0 bridgehead atoms. The first kappa shape index (κ1) is 13.4. The topological polar surface area (TPSA) is 55.1 Å². The van der Waals surface area contributed by atoms with Crippen molar-refractivity contribution in [1.82, 2.24) is 0 Å². The number of rotatable bonds is 2. The van der Waals surface area contributed by atoms with Crippen molar-refractivity contribution < 1.29 is 9.18 Å². The number of hydrogen-bond acceptors (Lipinski definition) is 2.